The molecule has 0 atom stereocenters. The minimum Gasteiger partial charge on any atom is -0.352 e. The molecule has 0 N–H and O–H groups in total. The SMILES string of the molecule is COC(OC)c1c(F)cccc1Cl. The van der Waals surface area contributed by atoms with Crippen molar-refractivity contribution >= 4 is 11.6 Å². The maximum absolute atomic E-state index is 13.2. The molecule has 1 aromatic rings. The molecule has 0 fully saturated rings. The van der Waals surface area contributed by atoms with Crippen LogP contribution in [0.3, 0.4) is 0 Å². The van der Waals surface area contributed by atoms with Gasteiger partial charge in [-0.2, -0.15) is 0 Å². The molecule has 0 saturated heterocycles. The van der Waals surface area contributed by atoms with Crippen LogP contribution in [0.2, 0.25) is 5.02 Å². The monoisotopic (exact) mass is 204 g/mol. The second kappa shape index (κ2) is 4.56. The van der Waals surface area contributed by atoms with Crippen LogP contribution >= 0.6 is 11.6 Å². The Balaban J connectivity index is 3.10. The zero-order chi connectivity index (χ0) is 9.84. The van der Waals surface area contributed by atoms with Crippen molar-refractivity contribution in [2.45, 2.75) is 6.29 Å². The molecule has 0 unspecified atom stereocenters. The highest BCUT2D eigenvalue weighted by Crippen LogP contribution is 2.27. The van der Waals surface area contributed by atoms with Crippen LogP contribution in [0.1, 0.15) is 11.9 Å². The van der Waals surface area contributed by atoms with E-state index in [9.17, 15) is 4.39 Å². The Morgan fingerprint density at radius 2 is 1.92 bits per heavy atom. The van der Waals surface area contributed by atoms with E-state index in [1.54, 1.807) is 6.07 Å². The van der Waals surface area contributed by atoms with Gasteiger partial charge in [0.25, 0.3) is 0 Å². The zero-order valence-electron chi connectivity index (χ0n) is 7.38. The lowest BCUT2D eigenvalue weighted by Crippen LogP contribution is -2.06. The average Bonchev–Trinajstić information content (AvgIpc) is 2.11. The van der Waals surface area contributed by atoms with Crippen LogP contribution in [0, 0.1) is 5.82 Å². The molecule has 1 rings (SSSR count). The summed E-state index contributed by atoms with van der Waals surface area (Å²) in [6.07, 6.45) is -0.756. The van der Waals surface area contributed by atoms with Crippen molar-refractivity contribution in [1.29, 1.82) is 0 Å². The zero-order valence-corrected chi connectivity index (χ0v) is 8.14. The van der Waals surface area contributed by atoms with E-state index in [1.165, 1.54) is 26.4 Å². The van der Waals surface area contributed by atoms with Gasteiger partial charge >= 0.3 is 0 Å². The lowest BCUT2D eigenvalue weighted by atomic mass is 10.2. The van der Waals surface area contributed by atoms with E-state index in [0.29, 0.717) is 5.02 Å². The molecule has 0 bridgehead atoms. The van der Waals surface area contributed by atoms with E-state index < -0.39 is 12.1 Å². The number of hydrogen-bond donors (Lipinski definition) is 0. The fraction of sp³-hybridized carbons (Fsp3) is 0.333. The molecule has 1 aromatic carbocycles. The molecule has 2 nitrogen and oxygen atoms in total. The third-order valence-corrected chi connectivity index (χ3v) is 1.99. The summed E-state index contributed by atoms with van der Waals surface area (Å²) in [7, 11) is 2.86. The summed E-state index contributed by atoms with van der Waals surface area (Å²) in [6, 6.07) is 4.43. The summed E-state index contributed by atoms with van der Waals surface area (Å²) >= 11 is 5.78. The summed E-state index contributed by atoms with van der Waals surface area (Å²) in [4.78, 5) is 0. The molecule has 0 saturated carbocycles. The van der Waals surface area contributed by atoms with Gasteiger partial charge in [-0.05, 0) is 12.1 Å². The molecule has 0 spiro atoms. The van der Waals surface area contributed by atoms with Crippen molar-refractivity contribution in [3.8, 4) is 0 Å². The standard InChI is InChI=1S/C9H10ClFO2/c1-12-9(13-2)8-6(10)4-3-5-7(8)11/h3-5,9H,1-2H3. The smallest absolute Gasteiger partial charge is 0.187 e. The van der Waals surface area contributed by atoms with Gasteiger partial charge in [0.05, 0.1) is 10.6 Å². The predicted octanol–water partition coefficient (Wildman–Crippen LogP) is 2.77. The largest absolute Gasteiger partial charge is 0.352 e. The quantitative estimate of drug-likeness (QED) is 0.705. The van der Waals surface area contributed by atoms with Crippen LogP contribution in [0.25, 0.3) is 0 Å². The molecule has 72 valence electrons. The van der Waals surface area contributed by atoms with Crippen LogP contribution in [0.4, 0.5) is 4.39 Å². The second-order valence-electron chi connectivity index (χ2n) is 2.44. The lowest BCUT2D eigenvalue weighted by molar-refractivity contribution is -0.107. The molecule has 0 aliphatic carbocycles. The summed E-state index contributed by atoms with van der Waals surface area (Å²) in [5, 5.41) is 0.300. The van der Waals surface area contributed by atoms with Crippen molar-refractivity contribution in [2.24, 2.45) is 0 Å². The Kier molecular flexibility index (Phi) is 3.66. The van der Waals surface area contributed by atoms with Gasteiger partial charge in [-0.1, -0.05) is 17.7 Å². The minimum atomic E-state index is -0.756. The maximum Gasteiger partial charge on any atom is 0.187 e. The number of rotatable bonds is 3. The molecule has 0 heterocycles. The summed E-state index contributed by atoms with van der Waals surface area (Å²) in [5.41, 5.74) is 0.231. The average molecular weight is 205 g/mol. The highest BCUT2D eigenvalue weighted by atomic mass is 35.5. The highest BCUT2D eigenvalue weighted by molar-refractivity contribution is 6.31. The normalized spacial score (nSPS) is 10.8. The Hall–Kier alpha value is -0.640. The van der Waals surface area contributed by atoms with Gasteiger partial charge in [0.15, 0.2) is 6.29 Å². The number of methoxy groups -OCH3 is 2. The molecule has 0 aliphatic heterocycles. The first-order chi connectivity index (χ1) is 6.20. The topological polar surface area (TPSA) is 18.5 Å². The van der Waals surface area contributed by atoms with Crippen LogP contribution in [-0.2, 0) is 9.47 Å². The molecule has 13 heavy (non-hydrogen) atoms. The van der Waals surface area contributed by atoms with E-state index in [4.69, 9.17) is 21.1 Å². The van der Waals surface area contributed by atoms with Crippen LogP contribution in [0.5, 0.6) is 0 Å². The van der Waals surface area contributed by atoms with Crippen molar-refractivity contribution < 1.29 is 13.9 Å². The van der Waals surface area contributed by atoms with E-state index >= 15 is 0 Å². The third-order valence-electron chi connectivity index (χ3n) is 1.66. The van der Waals surface area contributed by atoms with Crippen LogP contribution < -0.4 is 0 Å². The Labute approximate surface area is 81.2 Å². The minimum absolute atomic E-state index is 0.231. The fourth-order valence-corrected chi connectivity index (χ4v) is 1.32. The van der Waals surface area contributed by atoms with Gasteiger partial charge in [-0.25, -0.2) is 4.39 Å². The lowest BCUT2D eigenvalue weighted by Gasteiger charge is -2.15. The third kappa shape index (κ3) is 2.18. The molecule has 0 amide bonds. The van der Waals surface area contributed by atoms with Gasteiger partial charge in [0.1, 0.15) is 5.82 Å². The van der Waals surface area contributed by atoms with Crippen molar-refractivity contribution in [2.75, 3.05) is 14.2 Å². The molecule has 0 aliphatic rings. The van der Waals surface area contributed by atoms with Gasteiger partial charge in [-0.3, -0.25) is 0 Å². The Morgan fingerprint density at radius 3 is 2.38 bits per heavy atom. The number of hydrogen-bond acceptors (Lipinski definition) is 2. The van der Waals surface area contributed by atoms with Gasteiger partial charge < -0.3 is 9.47 Å². The van der Waals surface area contributed by atoms with Crippen molar-refractivity contribution in [3.05, 3.63) is 34.6 Å². The molecule has 4 heteroatoms. The van der Waals surface area contributed by atoms with Gasteiger partial charge in [0.2, 0.25) is 0 Å². The number of halogens is 2. The summed E-state index contributed by atoms with van der Waals surface area (Å²) < 4.78 is 23.0. The second-order valence-corrected chi connectivity index (χ2v) is 2.85. The summed E-state index contributed by atoms with van der Waals surface area (Å²) in [6.45, 7) is 0. The highest BCUT2D eigenvalue weighted by Gasteiger charge is 2.17. The van der Waals surface area contributed by atoms with E-state index in [2.05, 4.69) is 0 Å². The van der Waals surface area contributed by atoms with E-state index in [0.717, 1.165) is 0 Å². The van der Waals surface area contributed by atoms with Gasteiger partial charge in [-0.15, -0.1) is 0 Å². The van der Waals surface area contributed by atoms with Crippen molar-refractivity contribution in [3.63, 3.8) is 0 Å². The first-order valence-electron chi connectivity index (χ1n) is 3.70. The Morgan fingerprint density at radius 1 is 1.31 bits per heavy atom. The molecular formula is C9H10ClFO2. The number of benzene rings is 1. The molecule has 0 aromatic heterocycles. The molecule has 0 radical (unpaired) electrons. The van der Waals surface area contributed by atoms with Gasteiger partial charge in [0, 0.05) is 14.2 Å². The van der Waals surface area contributed by atoms with E-state index in [1.807, 2.05) is 0 Å². The summed E-state index contributed by atoms with van der Waals surface area (Å²) in [5.74, 6) is -0.429. The fourth-order valence-electron chi connectivity index (χ4n) is 1.07. The molecular weight excluding hydrogens is 195 g/mol. The first kappa shape index (κ1) is 10.4. The predicted molar refractivity (Wildman–Crippen MR) is 48.2 cm³/mol. The van der Waals surface area contributed by atoms with Crippen LogP contribution in [0.15, 0.2) is 18.2 Å². The first-order valence-corrected chi connectivity index (χ1v) is 4.08. The Bertz CT molecular complexity index is 267. The van der Waals surface area contributed by atoms with Crippen molar-refractivity contribution in [1.82, 2.24) is 0 Å². The maximum atomic E-state index is 13.2. The number of ether oxygens (including phenoxy) is 2. The van der Waals surface area contributed by atoms with Crippen LogP contribution in [-0.4, -0.2) is 14.2 Å². The van der Waals surface area contributed by atoms with E-state index in [-0.39, 0.29) is 5.56 Å².